The summed E-state index contributed by atoms with van der Waals surface area (Å²) in [5.74, 6) is -2.80. The van der Waals surface area contributed by atoms with Crippen LogP contribution in [0.1, 0.15) is 52.9 Å². The van der Waals surface area contributed by atoms with Crippen molar-refractivity contribution in [1.82, 2.24) is 20.9 Å². The lowest BCUT2D eigenvalue weighted by atomic mass is 9.96. The number of aliphatic hydroxyl groups is 1. The number of carbonyl (C=O) groups excluding carboxylic acids is 3. The van der Waals surface area contributed by atoms with Gasteiger partial charge in [-0.05, 0) is 45.1 Å². The minimum atomic E-state index is -1.21. The number of hydrogen-bond acceptors (Lipinski definition) is 6. The van der Waals surface area contributed by atoms with Crippen LogP contribution in [0.5, 0.6) is 0 Å². The Morgan fingerprint density at radius 3 is 2.33 bits per heavy atom. The minimum Gasteiger partial charge on any atom is -0.480 e. The van der Waals surface area contributed by atoms with Crippen molar-refractivity contribution in [2.24, 2.45) is 5.92 Å². The van der Waals surface area contributed by atoms with Crippen molar-refractivity contribution < 1.29 is 29.4 Å². The van der Waals surface area contributed by atoms with E-state index in [0.717, 1.165) is 13.0 Å². The summed E-state index contributed by atoms with van der Waals surface area (Å²) in [6.07, 6.45) is 1.89. The molecule has 2 aliphatic heterocycles. The lowest BCUT2D eigenvalue weighted by Gasteiger charge is -2.32. The number of rotatable bonds is 9. The number of carbonyl (C=O) groups is 4. The summed E-state index contributed by atoms with van der Waals surface area (Å²) in [4.78, 5) is 51.2. The van der Waals surface area contributed by atoms with Gasteiger partial charge in [0.05, 0.1) is 12.1 Å². The van der Waals surface area contributed by atoms with Crippen molar-refractivity contribution in [2.45, 2.75) is 83.1 Å². The molecule has 0 radical (unpaired) electrons. The van der Waals surface area contributed by atoms with Gasteiger partial charge in [-0.25, -0.2) is 4.79 Å². The number of hydrogen-bond donors (Lipinski definition) is 5. The first-order valence-electron chi connectivity index (χ1n) is 10.7. The molecule has 3 amide bonds. The number of carboxylic acid groups (broad SMARTS) is 1. The Bertz CT molecular complexity index is 649. The van der Waals surface area contributed by atoms with Crippen LogP contribution in [0.3, 0.4) is 0 Å². The van der Waals surface area contributed by atoms with Crippen LogP contribution in [0.4, 0.5) is 0 Å². The maximum absolute atomic E-state index is 13.1. The third kappa shape index (κ3) is 5.69. The fourth-order valence-electron chi connectivity index (χ4n) is 3.96. The van der Waals surface area contributed by atoms with Crippen LogP contribution in [0.15, 0.2) is 0 Å². The summed E-state index contributed by atoms with van der Waals surface area (Å²) in [6, 6.07) is -3.47. The monoisotopic (exact) mass is 426 g/mol. The van der Waals surface area contributed by atoms with Crippen LogP contribution in [-0.4, -0.2) is 82.2 Å². The molecule has 0 aromatic carbocycles. The largest absolute Gasteiger partial charge is 0.480 e. The zero-order valence-electron chi connectivity index (χ0n) is 17.9. The highest BCUT2D eigenvalue weighted by atomic mass is 16.4. The van der Waals surface area contributed by atoms with Crippen molar-refractivity contribution in [1.29, 1.82) is 0 Å². The molecule has 0 bridgehead atoms. The molecule has 30 heavy (non-hydrogen) atoms. The zero-order valence-corrected chi connectivity index (χ0v) is 17.9. The van der Waals surface area contributed by atoms with Gasteiger partial charge in [-0.3, -0.25) is 14.4 Å². The van der Waals surface area contributed by atoms with Crippen molar-refractivity contribution in [2.75, 3.05) is 13.1 Å². The second kappa shape index (κ2) is 10.7. The highest BCUT2D eigenvalue weighted by Gasteiger charge is 2.40. The van der Waals surface area contributed by atoms with Crippen LogP contribution in [0.2, 0.25) is 0 Å². The van der Waals surface area contributed by atoms with Gasteiger partial charge in [-0.1, -0.05) is 20.3 Å². The lowest BCUT2D eigenvalue weighted by molar-refractivity contribution is -0.150. The van der Waals surface area contributed by atoms with Crippen LogP contribution in [-0.2, 0) is 19.2 Å². The molecule has 10 heteroatoms. The predicted octanol–water partition coefficient (Wildman–Crippen LogP) is -0.789. The first-order valence-corrected chi connectivity index (χ1v) is 10.7. The molecule has 5 N–H and O–H groups in total. The van der Waals surface area contributed by atoms with E-state index in [4.69, 9.17) is 0 Å². The highest BCUT2D eigenvalue weighted by Crippen LogP contribution is 2.21. The summed E-state index contributed by atoms with van der Waals surface area (Å²) in [6.45, 7) is 6.10. The second-order valence-corrected chi connectivity index (χ2v) is 8.28. The molecule has 2 heterocycles. The molecule has 0 aliphatic carbocycles. The number of likely N-dealkylation sites (tertiary alicyclic amines) is 1. The lowest BCUT2D eigenvalue weighted by Crippen LogP contribution is -2.60. The molecular weight excluding hydrogens is 392 g/mol. The average Bonchev–Trinajstić information content (AvgIpc) is 3.40. The van der Waals surface area contributed by atoms with E-state index in [2.05, 4.69) is 16.0 Å². The number of aliphatic hydroxyl groups excluding tert-OH is 1. The van der Waals surface area contributed by atoms with Gasteiger partial charge >= 0.3 is 5.97 Å². The molecule has 2 rings (SSSR count). The summed E-state index contributed by atoms with van der Waals surface area (Å²) < 4.78 is 0. The van der Waals surface area contributed by atoms with Gasteiger partial charge in [0.15, 0.2) is 0 Å². The molecule has 6 atom stereocenters. The SMILES string of the molecule is CC[C@H](C)[C@H](NC(=O)[C@@H](NC(=O)[C@@H]1CCCN1)[C@@H](C)O)C(=O)N1CCC[C@H]1C(=O)O. The molecule has 10 nitrogen and oxygen atoms in total. The Labute approximate surface area is 176 Å². The highest BCUT2D eigenvalue weighted by molar-refractivity contribution is 5.94. The Morgan fingerprint density at radius 2 is 1.80 bits per heavy atom. The first kappa shape index (κ1) is 24.1. The molecule has 2 fully saturated rings. The van der Waals surface area contributed by atoms with Crippen LogP contribution < -0.4 is 16.0 Å². The van der Waals surface area contributed by atoms with E-state index in [9.17, 15) is 29.4 Å². The predicted molar refractivity (Wildman–Crippen MR) is 108 cm³/mol. The molecule has 2 aliphatic rings. The first-order chi connectivity index (χ1) is 14.2. The Balaban J connectivity index is 2.12. The Morgan fingerprint density at radius 1 is 1.10 bits per heavy atom. The number of carboxylic acids is 1. The van der Waals surface area contributed by atoms with Crippen LogP contribution in [0, 0.1) is 5.92 Å². The molecule has 0 aromatic rings. The van der Waals surface area contributed by atoms with Crippen LogP contribution in [0.25, 0.3) is 0 Å². The third-order valence-electron chi connectivity index (χ3n) is 6.04. The minimum absolute atomic E-state index is 0.252. The van der Waals surface area contributed by atoms with Gasteiger partial charge in [0.2, 0.25) is 17.7 Å². The molecule has 0 spiro atoms. The maximum atomic E-state index is 13.1. The molecule has 170 valence electrons. The van der Waals surface area contributed by atoms with Gasteiger partial charge in [-0.15, -0.1) is 0 Å². The number of nitrogens with zero attached hydrogens (tertiary/aromatic N) is 1. The van der Waals surface area contributed by atoms with Crippen LogP contribution >= 0.6 is 0 Å². The molecule has 2 saturated heterocycles. The fraction of sp³-hybridized carbons (Fsp3) is 0.800. The summed E-state index contributed by atoms with van der Waals surface area (Å²) in [5, 5.41) is 27.7. The second-order valence-electron chi connectivity index (χ2n) is 8.28. The van der Waals surface area contributed by atoms with Gasteiger partial charge in [-0.2, -0.15) is 0 Å². The summed E-state index contributed by atoms with van der Waals surface area (Å²) >= 11 is 0. The molecular formula is C20H34N4O6. The van der Waals surface area contributed by atoms with Crippen molar-refractivity contribution >= 4 is 23.7 Å². The van der Waals surface area contributed by atoms with Crippen molar-refractivity contribution in [3.63, 3.8) is 0 Å². The van der Waals surface area contributed by atoms with Crippen molar-refractivity contribution in [3.8, 4) is 0 Å². The Kier molecular flexibility index (Phi) is 8.60. The average molecular weight is 427 g/mol. The summed E-state index contributed by atoms with van der Waals surface area (Å²) in [7, 11) is 0. The fourth-order valence-corrected chi connectivity index (χ4v) is 3.96. The Hall–Kier alpha value is -2.20. The number of aliphatic carboxylic acids is 1. The van der Waals surface area contributed by atoms with Gasteiger partial charge in [0.25, 0.3) is 0 Å². The van der Waals surface area contributed by atoms with E-state index in [-0.39, 0.29) is 11.8 Å². The number of amides is 3. The zero-order chi connectivity index (χ0) is 22.4. The smallest absolute Gasteiger partial charge is 0.326 e. The molecule has 0 aromatic heterocycles. The topological polar surface area (TPSA) is 148 Å². The van der Waals surface area contributed by atoms with E-state index in [1.165, 1.54) is 11.8 Å². The standard InChI is InChI=1S/C20H34N4O6/c1-4-11(2)15(19(28)24-10-6-8-14(24)20(29)30)22-18(27)16(12(3)25)23-17(26)13-7-5-9-21-13/h11-16,21,25H,4-10H2,1-3H3,(H,22,27)(H,23,26)(H,29,30)/t11-,12+,13-,14-,15-,16-/m0/s1. The van der Waals surface area contributed by atoms with E-state index in [1.54, 1.807) is 6.92 Å². The molecule has 0 saturated carbocycles. The summed E-state index contributed by atoms with van der Waals surface area (Å²) in [5.41, 5.74) is 0. The maximum Gasteiger partial charge on any atom is 0.326 e. The van der Waals surface area contributed by atoms with Gasteiger partial charge in [0, 0.05) is 6.54 Å². The van der Waals surface area contributed by atoms with E-state index in [1.807, 2.05) is 6.92 Å². The third-order valence-corrected chi connectivity index (χ3v) is 6.04. The number of nitrogens with one attached hydrogen (secondary N) is 3. The van der Waals surface area contributed by atoms with Gasteiger partial charge < -0.3 is 31.1 Å². The van der Waals surface area contributed by atoms with Crippen molar-refractivity contribution in [3.05, 3.63) is 0 Å². The van der Waals surface area contributed by atoms with E-state index < -0.39 is 48.1 Å². The molecule has 0 unspecified atom stereocenters. The quantitative estimate of drug-likeness (QED) is 0.324. The van der Waals surface area contributed by atoms with E-state index >= 15 is 0 Å². The van der Waals surface area contributed by atoms with Gasteiger partial charge in [0.1, 0.15) is 18.1 Å². The van der Waals surface area contributed by atoms with E-state index in [0.29, 0.717) is 32.2 Å². The normalized spacial score (nSPS) is 25.3.